The standard InChI is InChI=1S/C31H46N4O4S/c1-5-9-11-23(8-4)20-27(30(37)38)33-29(36)26-15-13-24(14-16-26)21-35(19-7-3)31-34-28(22-40-31)25(12-10-6-2)17-18-32-39/h5-8,10,12-15,17,26-30,32-33,36-39H,1-3,9,11,16,18-22H2,4H3/b12-10-,23-8+,25-17+/t26-,27?,28?,29?/m1/s1. The van der Waals surface area contributed by atoms with Gasteiger partial charge in [0.25, 0.3) is 0 Å². The number of aliphatic imine (C=N–C) groups is 1. The van der Waals surface area contributed by atoms with Gasteiger partial charge in [0.2, 0.25) is 0 Å². The Kier molecular flexibility index (Phi) is 15.8. The van der Waals surface area contributed by atoms with Crippen LogP contribution in [0.5, 0.6) is 0 Å². The molecule has 6 N–H and O–H groups in total. The highest BCUT2D eigenvalue weighted by Crippen LogP contribution is 2.28. The number of hydroxylamine groups is 1. The molecule has 0 fully saturated rings. The molecule has 9 heteroatoms. The lowest BCUT2D eigenvalue weighted by Gasteiger charge is -2.30. The number of amidine groups is 1. The van der Waals surface area contributed by atoms with Gasteiger partial charge in [-0.15, -0.1) is 13.2 Å². The normalized spacial score (nSPS) is 21.4. The van der Waals surface area contributed by atoms with Gasteiger partial charge in [0.1, 0.15) is 6.23 Å². The predicted molar refractivity (Wildman–Crippen MR) is 167 cm³/mol. The Labute approximate surface area is 243 Å². The van der Waals surface area contributed by atoms with Crippen molar-refractivity contribution in [1.29, 1.82) is 0 Å². The molecule has 0 radical (unpaired) electrons. The number of nitrogens with zero attached hydrogens (tertiary/aromatic N) is 2. The van der Waals surface area contributed by atoms with Gasteiger partial charge in [-0.25, -0.2) is 5.48 Å². The average molecular weight is 571 g/mol. The van der Waals surface area contributed by atoms with Crippen LogP contribution in [0, 0.1) is 5.92 Å². The first kappa shape index (κ1) is 33.7. The third-order valence-electron chi connectivity index (χ3n) is 6.79. The van der Waals surface area contributed by atoms with Crippen LogP contribution in [0.4, 0.5) is 0 Å². The second-order valence-corrected chi connectivity index (χ2v) is 10.7. The van der Waals surface area contributed by atoms with E-state index in [4.69, 9.17) is 10.2 Å². The van der Waals surface area contributed by atoms with Crippen LogP contribution in [-0.4, -0.2) is 80.6 Å². The minimum Gasteiger partial charge on any atom is -0.378 e. The molecule has 4 atom stereocenters. The second kappa shape index (κ2) is 18.8. The first-order valence-electron chi connectivity index (χ1n) is 13.7. The molecular weight excluding hydrogens is 524 g/mol. The van der Waals surface area contributed by atoms with E-state index >= 15 is 0 Å². The Hall–Kier alpha value is -2.50. The Morgan fingerprint density at radius 2 is 2.05 bits per heavy atom. The Morgan fingerprint density at radius 1 is 1.25 bits per heavy atom. The summed E-state index contributed by atoms with van der Waals surface area (Å²) in [7, 11) is 0. The third kappa shape index (κ3) is 11.2. The molecule has 0 bridgehead atoms. The summed E-state index contributed by atoms with van der Waals surface area (Å²) >= 11 is 1.69. The topological polar surface area (TPSA) is 121 Å². The summed E-state index contributed by atoms with van der Waals surface area (Å²) in [6.07, 6.45) is 19.4. The molecule has 220 valence electrons. The summed E-state index contributed by atoms with van der Waals surface area (Å²) < 4.78 is 0. The van der Waals surface area contributed by atoms with Crippen molar-refractivity contribution in [3.63, 3.8) is 0 Å². The van der Waals surface area contributed by atoms with Gasteiger partial charge in [0, 0.05) is 31.3 Å². The zero-order valence-electron chi connectivity index (χ0n) is 23.5. The van der Waals surface area contributed by atoms with E-state index in [0.29, 0.717) is 32.5 Å². The molecule has 8 nitrogen and oxygen atoms in total. The van der Waals surface area contributed by atoms with Crippen molar-refractivity contribution in [2.24, 2.45) is 10.9 Å². The summed E-state index contributed by atoms with van der Waals surface area (Å²) in [6, 6.07) is -0.695. The fourth-order valence-electron chi connectivity index (χ4n) is 4.51. The van der Waals surface area contributed by atoms with Crippen LogP contribution in [0.25, 0.3) is 0 Å². The van der Waals surface area contributed by atoms with Gasteiger partial charge in [0.05, 0.1) is 12.1 Å². The van der Waals surface area contributed by atoms with Crippen molar-refractivity contribution in [2.45, 2.75) is 57.2 Å². The van der Waals surface area contributed by atoms with Crippen molar-refractivity contribution in [3.05, 3.63) is 97.2 Å². The van der Waals surface area contributed by atoms with Crippen LogP contribution < -0.4 is 10.8 Å². The highest BCUT2D eigenvalue weighted by Gasteiger charge is 2.27. The second-order valence-electron chi connectivity index (χ2n) is 9.72. The number of aliphatic hydroxyl groups excluding tert-OH is 2. The summed E-state index contributed by atoms with van der Waals surface area (Å²) in [5, 5.41) is 43.6. The number of allylic oxidation sites excluding steroid dienone is 5. The highest BCUT2D eigenvalue weighted by atomic mass is 32.2. The van der Waals surface area contributed by atoms with E-state index in [2.05, 4.69) is 41.5 Å². The number of rotatable bonds is 18. The van der Waals surface area contributed by atoms with Gasteiger partial charge < -0.3 is 25.4 Å². The maximum absolute atomic E-state index is 10.9. The lowest BCUT2D eigenvalue weighted by Crippen LogP contribution is -2.48. The molecule has 0 amide bonds. The predicted octanol–water partition coefficient (Wildman–Crippen LogP) is 3.99. The number of hydrogen-bond acceptors (Lipinski definition) is 9. The number of aliphatic hydroxyl groups is 3. The van der Waals surface area contributed by atoms with Crippen molar-refractivity contribution in [3.8, 4) is 0 Å². The molecule has 0 spiro atoms. The smallest absolute Gasteiger partial charge is 0.167 e. The molecule has 2 aliphatic rings. The fourth-order valence-corrected chi connectivity index (χ4v) is 5.61. The van der Waals surface area contributed by atoms with Crippen molar-refractivity contribution >= 4 is 16.9 Å². The molecule has 0 aromatic rings. The Bertz CT molecular complexity index is 1010. The van der Waals surface area contributed by atoms with Gasteiger partial charge in [-0.1, -0.05) is 84.7 Å². The largest absolute Gasteiger partial charge is 0.378 e. The van der Waals surface area contributed by atoms with Crippen molar-refractivity contribution in [1.82, 2.24) is 15.7 Å². The maximum atomic E-state index is 10.9. The van der Waals surface area contributed by atoms with E-state index in [1.807, 2.05) is 55.5 Å². The zero-order valence-corrected chi connectivity index (χ0v) is 24.3. The fraction of sp³-hybridized carbons (Fsp3) is 0.452. The minimum absolute atomic E-state index is 0.0204. The molecule has 0 aromatic carbocycles. The lowest BCUT2D eigenvalue weighted by atomic mass is 9.93. The Morgan fingerprint density at radius 3 is 2.65 bits per heavy atom. The Balaban J connectivity index is 2.02. The zero-order chi connectivity index (χ0) is 29.3. The van der Waals surface area contributed by atoms with E-state index in [1.54, 1.807) is 17.8 Å². The third-order valence-corrected chi connectivity index (χ3v) is 7.89. The van der Waals surface area contributed by atoms with Crippen LogP contribution >= 0.6 is 11.8 Å². The first-order valence-corrected chi connectivity index (χ1v) is 14.7. The lowest BCUT2D eigenvalue weighted by molar-refractivity contribution is -0.0817. The monoisotopic (exact) mass is 570 g/mol. The van der Waals surface area contributed by atoms with E-state index in [0.717, 1.165) is 40.5 Å². The van der Waals surface area contributed by atoms with Crippen LogP contribution in [0.1, 0.15) is 32.6 Å². The molecule has 0 saturated heterocycles. The number of thioether (sulfide) groups is 1. The molecule has 0 saturated carbocycles. The highest BCUT2D eigenvalue weighted by molar-refractivity contribution is 8.14. The van der Waals surface area contributed by atoms with E-state index in [-0.39, 0.29) is 12.0 Å². The van der Waals surface area contributed by atoms with Crippen LogP contribution in [0.2, 0.25) is 0 Å². The van der Waals surface area contributed by atoms with Crippen LogP contribution in [0.15, 0.2) is 102 Å². The summed E-state index contributed by atoms with van der Waals surface area (Å²) in [5.74, 6) is 0.615. The molecule has 0 aromatic heterocycles. The summed E-state index contributed by atoms with van der Waals surface area (Å²) in [4.78, 5) is 7.14. The number of hydrogen-bond donors (Lipinski definition) is 6. The number of nitrogens with one attached hydrogen (secondary N) is 2. The SMILES string of the molecule is C=C/C=C\C(=C/CNO)C1CSC(N(CC=C)CC2=CC[C@H](C(O)NC(C/C(=C/C)CCC=C)C(O)O)C=C2)=N1. The van der Waals surface area contributed by atoms with E-state index < -0.39 is 18.6 Å². The van der Waals surface area contributed by atoms with E-state index in [9.17, 15) is 15.3 Å². The summed E-state index contributed by atoms with van der Waals surface area (Å²) in [6.45, 7) is 15.0. The van der Waals surface area contributed by atoms with Gasteiger partial charge in [-0.2, -0.15) is 0 Å². The first-order chi connectivity index (χ1) is 19.4. The molecule has 1 heterocycles. The molecule has 1 aliphatic heterocycles. The van der Waals surface area contributed by atoms with Gasteiger partial charge in [-0.05, 0) is 43.8 Å². The van der Waals surface area contributed by atoms with Crippen molar-refractivity contribution in [2.75, 3.05) is 25.4 Å². The van der Waals surface area contributed by atoms with E-state index in [1.165, 1.54) is 0 Å². The van der Waals surface area contributed by atoms with Crippen LogP contribution in [-0.2, 0) is 0 Å². The molecule has 3 unspecified atom stereocenters. The minimum atomic E-state index is -1.59. The van der Waals surface area contributed by atoms with Gasteiger partial charge >= 0.3 is 0 Å². The van der Waals surface area contributed by atoms with Crippen molar-refractivity contribution < 1.29 is 20.5 Å². The molecule has 40 heavy (non-hydrogen) atoms. The quantitative estimate of drug-likeness (QED) is 0.0634. The maximum Gasteiger partial charge on any atom is 0.167 e. The van der Waals surface area contributed by atoms with Crippen LogP contribution in [0.3, 0.4) is 0 Å². The molecule has 1 aliphatic carbocycles. The molecular formula is C31H46N4O4S. The average Bonchev–Trinajstić information content (AvgIpc) is 3.45. The van der Waals surface area contributed by atoms with Gasteiger partial charge in [0.15, 0.2) is 11.5 Å². The van der Waals surface area contributed by atoms with Gasteiger partial charge in [-0.3, -0.25) is 10.3 Å². The molecule has 2 rings (SSSR count). The summed E-state index contributed by atoms with van der Waals surface area (Å²) in [5.41, 5.74) is 5.38.